The number of hydrogen-bond donors (Lipinski definition) is 1. The zero-order valence-corrected chi connectivity index (χ0v) is 12.9. The number of hydrogen-bond acceptors (Lipinski definition) is 1. The Morgan fingerprint density at radius 2 is 2.05 bits per heavy atom. The van der Waals surface area contributed by atoms with Crippen LogP contribution in [0.1, 0.15) is 57.6 Å². The third kappa shape index (κ3) is 4.77. The van der Waals surface area contributed by atoms with Gasteiger partial charge in [0, 0.05) is 6.04 Å². The van der Waals surface area contributed by atoms with Gasteiger partial charge in [-0.15, -0.1) is 0 Å². The number of benzene rings is 1. The summed E-state index contributed by atoms with van der Waals surface area (Å²) in [6, 6.07) is 5.19. The molecule has 1 aromatic rings. The van der Waals surface area contributed by atoms with Crippen LogP contribution in [0.25, 0.3) is 0 Å². The first-order valence-electron chi connectivity index (χ1n) is 7.25. The summed E-state index contributed by atoms with van der Waals surface area (Å²) in [6.07, 6.45) is 5.88. The van der Waals surface area contributed by atoms with Gasteiger partial charge in [-0.25, -0.2) is 4.39 Å². The molecule has 1 N–H and O–H groups in total. The molecule has 1 rings (SSSR count). The van der Waals surface area contributed by atoms with Crippen LogP contribution in [-0.2, 0) is 0 Å². The maximum absolute atomic E-state index is 13.5. The number of rotatable bonds is 8. The lowest BCUT2D eigenvalue weighted by molar-refractivity contribution is 0.364. The highest BCUT2D eigenvalue weighted by Crippen LogP contribution is 2.31. The summed E-state index contributed by atoms with van der Waals surface area (Å²) in [6.45, 7) is 4.44. The summed E-state index contributed by atoms with van der Waals surface area (Å²) in [4.78, 5) is 0. The fraction of sp³-hybridized carbons (Fsp3) is 0.625. The quantitative estimate of drug-likeness (QED) is 0.679. The molecule has 0 aliphatic rings. The summed E-state index contributed by atoms with van der Waals surface area (Å²) >= 11 is 6.08. The maximum Gasteiger partial charge on any atom is 0.142 e. The van der Waals surface area contributed by atoms with Gasteiger partial charge >= 0.3 is 0 Å². The van der Waals surface area contributed by atoms with Crippen LogP contribution in [0.4, 0.5) is 4.39 Å². The molecular formula is C16H25ClFN. The minimum atomic E-state index is -0.332. The van der Waals surface area contributed by atoms with E-state index in [4.69, 9.17) is 11.6 Å². The van der Waals surface area contributed by atoms with Gasteiger partial charge in [0.1, 0.15) is 5.82 Å². The maximum atomic E-state index is 13.5. The number of nitrogens with one attached hydrogen (secondary N) is 1. The summed E-state index contributed by atoms with van der Waals surface area (Å²) in [5, 5.41) is 3.53. The molecule has 0 heterocycles. The van der Waals surface area contributed by atoms with Crippen molar-refractivity contribution in [3.8, 4) is 0 Å². The Balaban J connectivity index is 2.79. The molecule has 2 atom stereocenters. The van der Waals surface area contributed by atoms with Gasteiger partial charge < -0.3 is 5.32 Å². The van der Waals surface area contributed by atoms with Crippen molar-refractivity contribution in [2.45, 2.75) is 52.0 Å². The van der Waals surface area contributed by atoms with E-state index in [1.807, 2.05) is 13.1 Å². The summed E-state index contributed by atoms with van der Waals surface area (Å²) in [7, 11) is 1.92. The lowest BCUT2D eigenvalue weighted by atomic mass is 9.89. The molecule has 0 aliphatic carbocycles. The van der Waals surface area contributed by atoms with E-state index in [1.165, 1.54) is 25.3 Å². The van der Waals surface area contributed by atoms with Crippen LogP contribution in [-0.4, -0.2) is 7.05 Å². The third-order valence-corrected chi connectivity index (χ3v) is 4.22. The van der Waals surface area contributed by atoms with Crippen molar-refractivity contribution in [3.63, 3.8) is 0 Å². The fourth-order valence-electron chi connectivity index (χ4n) is 2.50. The fourth-order valence-corrected chi connectivity index (χ4v) is 2.76. The van der Waals surface area contributed by atoms with Crippen LogP contribution in [0.5, 0.6) is 0 Å². The second-order valence-electron chi connectivity index (χ2n) is 5.14. The van der Waals surface area contributed by atoms with Crippen molar-refractivity contribution in [3.05, 3.63) is 34.6 Å². The lowest BCUT2D eigenvalue weighted by Gasteiger charge is -2.23. The average molecular weight is 286 g/mol. The van der Waals surface area contributed by atoms with Crippen LogP contribution >= 0.6 is 11.6 Å². The molecule has 0 radical (unpaired) electrons. The van der Waals surface area contributed by atoms with Crippen molar-refractivity contribution >= 4 is 11.6 Å². The van der Waals surface area contributed by atoms with E-state index in [9.17, 15) is 4.39 Å². The molecule has 0 saturated heterocycles. The molecule has 2 unspecified atom stereocenters. The molecule has 0 fully saturated rings. The topological polar surface area (TPSA) is 12.0 Å². The molecule has 0 saturated carbocycles. The zero-order valence-electron chi connectivity index (χ0n) is 12.2. The summed E-state index contributed by atoms with van der Waals surface area (Å²) in [5.74, 6) is 0.331. The van der Waals surface area contributed by atoms with E-state index in [0.29, 0.717) is 5.92 Å². The van der Waals surface area contributed by atoms with E-state index in [2.05, 4.69) is 19.2 Å². The Morgan fingerprint density at radius 3 is 2.63 bits per heavy atom. The Morgan fingerprint density at radius 1 is 1.32 bits per heavy atom. The highest BCUT2D eigenvalue weighted by molar-refractivity contribution is 6.31. The Hall–Kier alpha value is -0.600. The van der Waals surface area contributed by atoms with Gasteiger partial charge in [0.15, 0.2) is 0 Å². The zero-order chi connectivity index (χ0) is 14.3. The van der Waals surface area contributed by atoms with Gasteiger partial charge in [0.25, 0.3) is 0 Å². The number of unbranched alkanes of at least 4 members (excludes halogenated alkanes) is 1. The van der Waals surface area contributed by atoms with Crippen LogP contribution in [0, 0.1) is 11.7 Å². The average Bonchev–Trinajstić information content (AvgIpc) is 2.43. The molecule has 1 aromatic carbocycles. The molecule has 0 bridgehead atoms. The molecule has 0 amide bonds. The van der Waals surface area contributed by atoms with E-state index in [-0.39, 0.29) is 16.9 Å². The minimum Gasteiger partial charge on any atom is -0.313 e. The normalized spacial score (nSPS) is 14.4. The molecule has 0 aromatic heterocycles. The van der Waals surface area contributed by atoms with Gasteiger partial charge in [-0.2, -0.15) is 0 Å². The van der Waals surface area contributed by atoms with Crippen molar-refractivity contribution in [1.29, 1.82) is 0 Å². The van der Waals surface area contributed by atoms with Crippen molar-refractivity contribution in [2.75, 3.05) is 7.05 Å². The predicted octanol–water partition coefficient (Wildman–Crippen LogP) is 5.35. The van der Waals surface area contributed by atoms with E-state index in [0.717, 1.165) is 18.4 Å². The van der Waals surface area contributed by atoms with E-state index >= 15 is 0 Å². The lowest BCUT2D eigenvalue weighted by Crippen LogP contribution is -2.20. The summed E-state index contributed by atoms with van der Waals surface area (Å²) < 4.78 is 13.5. The first-order valence-corrected chi connectivity index (χ1v) is 7.62. The highest BCUT2D eigenvalue weighted by atomic mass is 35.5. The van der Waals surface area contributed by atoms with Gasteiger partial charge in [0.2, 0.25) is 0 Å². The standard InChI is InChI=1S/C16H25ClFN/c1-4-6-8-12(5-2)11-15(19-3)13-9-7-10-14(18)16(13)17/h7,9-10,12,15,19H,4-6,8,11H2,1-3H3. The molecule has 3 heteroatoms. The van der Waals surface area contributed by atoms with Gasteiger partial charge in [-0.1, -0.05) is 63.3 Å². The van der Waals surface area contributed by atoms with Crippen molar-refractivity contribution in [2.24, 2.45) is 5.92 Å². The Kier molecular flexibility index (Phi) is 7.40. The minimum absolute atomic E-state index is 0.130. The van der Waals surface area contributed by atoms with Crippen molar-refractivity contribution in [1.82, 2.24) is 5.32 Å². The van der Waals surface area contributed by atoms with Gasteiger partial charge in [-0.3, -0.25) is 0 Å². The monoisotopic (exact) mass is 285 g/mol. The highest BCUT2D eigenvalue weighted by Gasteiger charge is 2.19. The van der Waals surface area contributed by atoms with Crippen LogP contribution in [0.3, 0.4) is 0 Å². The molecule has 19 heavy (non-hydrogen) atoms. The van der Waals surface area contributed by atoms with E-state index in [1.54, 1.807) is 6.07 Å². The molecular weight excluding hydrogens is 261 g/mol. The summed E-state index contributed by atoms with van der Waals surface area (Å²) in [5.41, 5.74) is 0.874. The van der Waals surface area contributed by atoms with Crippen LogP contribution in [0.15, 0.2) is 18.2 Å². The first-order chi connectivity index (χ1) is 9.13. The molecule has 0 spiro atoms. The van der Waals surface area contributed by atoms with Gasteiger partial charge in [0.05, 0.1) is 5.02 Å². The van der Waals surface area contributed by atoms with Crippen LogP contribution in [0.2, 0.25) is 5.02 Å². The molecule has 1 nitrogen and oxygen atoms in total. The Bertz CT molecular complexity index is 381. The van der Waals surface area contributed by atoms with Gasteiger partial charge in [-0.05, 0) is 31.0 Å². The Labute approximate surface area is 121 Å². The molecule has 108 valence electrons. The predicted molar refractivity (Wildman–Crippen MR) is 81.1 cm³/mol. The first kappa shape index (κ1) is 16.5. The molecule has 0 aliphatic heterocycles. The van der Waals surface area contributed by atoms with Crippen LogP contribution < -0.4 is 5.32 Å². The van der Waals surface area contributed by atoms with Crippen molar-refractivity contribution < 1.29 is 4.39 Å². The second-order valence-corrected chi connectivity index (χ2v) is 5.51. The van der Waals surface area contributed by atoms with E-state index < -0.39 is 0 Å². The largest absolute Gasteiger partial charge is 0.313 e. The SMILES string of the molecule is CCCCC(CC)CC(NC)c1cccc(F)c1Cl. The number of halogens is 2. The smallest absolute Gasteiger partial charge is 0.142 e. The third-order valence-electron chi connectivity index (χ3n) is 3.82. The second kappa shape index (κ2) is 8.55.